The molecule has 1 aliphatic rings. The predicted octanol–water partition coefficient (Wildman–Crippen LogP) is -1.97. The third-order valence-electron chi connectivity index (χ3n) is 7.75. The number of imide groups is 1. The smallest absolute Gasteiger partial charge is 0.269 e. The molecule has 1 saturated heterocycles. The molecule has 0 radical (unpaired) electrons. The molecule has 0 saturated carbocycles. The van der Waals surface area contributed by atoms with Crippen molar-refractivity contribution in [3.63, 3.8) is 0 Å². The number of rotatable bonds is 16. The number of non-ortho nitro benzene ring substituents is 1. The van der Waals surface area contributed by atoms with Crippen LogP contribution in [0.2, 0.25) is 0 Å². The summed E-state index contributed by atoms with van der Waals surface area (Å²) in [6.45, 7) is -0.193. The molecule has 0 spiro atoms. The van der Waals surface area contributed by atoms with Crippen LogP contribution in [0.15, 0.2) is 53.5 Å². The van der Waals surface area contributed by atoms with Crippen LogP contribution in [0.3, 0.4) is 0 Å². The van der Waals surface area contributed by atoms with E-state index in [4.69, 9.17) is 22.9 Å². The summed E-state index contributed by atoms with van der Waals surface area (Å²) in [5.41, 5.74) is 24.1. The fourth-order valence-corrected chi connectivity index (χ4v) is 5.20. The summed E-state index contributed by atoms with van der Waals surface area (Å²) in [6, 6.07) is 7.60. The van der Waals surface area contributed by atoms with Crippen molar-refractivity contribution in [1.29, 1.82) is 0 Å². The van der Waals surface area contributed by atoms with Crippen molar-refractivity contribution in [2.45, 2.75) is 62.7 Å². The van der Waals surface area contributed by atoms with E-state index in [1.807, 2.05) is 0 Å². The number of nitro benzene ring substituents is 1. The number of hydrogen-bond acceptors (Lipinski definition) is 11. The van der Waals surface area contributed by atoms with E-state index in [1.54, 1.807) is 12.1 Å². The molecular formula is C31H42N10O8. The molecule has 1 aliphatic heterocycles. The summed E-state index contributed by atoms with van der Waals surface area (Å²) in [5.74, 6) is -3.53. The molecule has 4 atom stereocenters. The van der Waals surface area contributed by atoms with Gasteiger partial charge in [-0.25, -0.2) is 0 Å². The molecule has 0 aliphatic carbocycles. The first-order valence-electron chi connectivity index (χ1n) is 15.5. The molecule has 18 nitrogen and oxygen atoms in total. The van der Waals surface area contributed by atoms with E-state index in [2.05, 4.69) is 20.9 Å². The monoisotopic (exact) mass is 682 g/mol. The summed E-state index contributed by atoms with van der Waals surface area (Å²) in [4.78, 5) is 80.2. The lowest BCUT2D eigenvalue weighted by Crippen LogP contribution is -2.55. The highest BCUT2D eigenvalue weighted by atomic mass is 16.6. The number of phenols is 1. The maximum Gasteiger partial charge on any atom is 0.269 e. The summed E-state index contributed by atoms with van der Waals surface area (Å²) < 4.78 is 0. The Labute approximate surface area is 281 Å². The van der Waals surface area contributed by atoms with Crippen molar-refractivity contribution in [3.8, 4) is 5.75 Å². The van der Waals surface area contributed by atoms with E-state index in [9.17, 15) is 39.2 Å². The van der Waals surface area contributed by atoms with Crippen LogP contribution in [0.4, 0.5) is 5.69 Å². The van der Waals surface area contributed by atoms with Gasteiger partial charge in [0.2, 0.25) is 29.5 Å². The van der Waals surface area contributed by atoms with E-state index in [-0.39, 0.29) is 56.2 Å². The molecule has 0 aromatic heterocycles. The van der Waals surface area contributed by atoms with E-state index >= 15 is 0 Å². The van der Waals surface area contributed by atoms with Crippen LogP contribution in [0.5, 0.6) is 5.75 Å². The lowest BCUT2D eigenvalue weighted by atomic mass is 10.0. The minimum atomic E-state index is -1.11. The van der Waals surface area contributed by atoms with Crippen molar-refractivity contribution >= 4 is 41.2 Å². The quantitative estimate of drug-likeness (QED) is 0.0314. The minimum Gasteiger partial charge on any atom is -0.508 e. The molecule has 0 unspecified atom stereocenters. The zero-order valence-corrected chi connectivity index (χ0v) is 26.7. The maximum absolute atomic E-state index is 13.1. The molecule has 18 heteroatoms. The van der Waals surface area contributed by atoms with Crippen LogP contribution in [0.1, 0.15) is 36.8 Å². The number of aromatic hydroxyl groups is 1. The number of likely N-dealkylation sites (tertiary alicyclic amines) is 1. The number of amides is 5. The highest BCUT2D eigenvalue weighted by molar-refractivity contribution is 6.01. The number of carbonyl (C=O) groups excluding carboxylic acids is 5. The number of phenolic OH excluding ortho intramolecular Hbond substituents is 1. The molecule has 12 N–H and O–H groups in total. The second-order valence-corrected chi connectivity index (χ2v) is 11.5. The SMILES string of the molecule is NC(N)=NCCC[C@@H](NC(=O)[C@@H](N)Cc1ccc(O)cc1)C(=O)NCC(=O)NC(=O)[C@@H]1CCCN1C(=O)[C@@H](N)Cc1ccc([N+](=O)[O-])cc1. The topological polar surface area (TPSA) is 304 Å². The molecule has 5 amide bonds. The van der Waals surface area contributed by atoms with Gasteiger partial charge in [-0.3, -0.25) is 44.4 Å². The van der Waals surface area contributed by atoms with Gasteiger partial charge in [-0.15, -0.1) is 0 Å². The fourth-order valence-electron chi connectivity index (χ4n) is 5.20. The highest BCUT2D eigenvalue weighted by Gasteiger charge is 2.37. The molecule has 2 aromatic rings. The van der Waals surface area contributed by atoms with Gasteiger partial charge in [0.1, 0.15) is 17.8 Å². The summed E-state index contributed by atoms with van der Waals surface area (Å²) >= 11 is 0. The van der Waals surface area contributed by atoms with Gasteiger partial charge in [-0.1, -0.05) is 24.3 Å². The van der Waals surface area contributed by atoms with Gasteiger partial charge in [-0.2, -0.15) is 0 Å². The van der Waals surface area contributed by atoms with Gasteiger partial charge < -0.3 is 43.6 Å². The molecule has 2 aromatic carbocycles. The third-order valence-corrected chi connectivity index (χ3v) is 7.75. The Morgan fingerprint density at radius 2 is 1.57 bits per heavy atom. The Kier molecular flexibility index (Phi) is 13.9. The number of nitrogens with two attached hydrogens (primary N) is 4. The Morgan fingerprint density at radius 3 is 2.18 bits per heavy atom. The molecule has 1 fully saturated rings. The third kappa shape index (κ3) is 11.8. The average molecular weight is 683 g/mol. The first-order chi connectivity index (χ1) is 23.2. The van der Waals surface area contributed by atoms with Crippen LogP contribution >= 0.6 is 0 Å². The van der Waals surface area contributed by atoms with Crippen molar-refractivity contribution in [2.75, 3.05) is 19.6 Å². The number of nitrogens with one attached hydrogen (secondary N) is 3. The Morgan fingerprint density at radius 1 is 0.959 bits per heavy atom. The second-order valence-electron chi connectivity index (χ2n) is 11.5. The van der Waals surface area contributed by atoms with Crippen LogP contribution < -0.4 is 38.9 Å². The molecule has 1 heterocycles. The fraction of sp³-hybridized carbons (Fsp3) is 0.419. The number of guanidine groups is 1. The number of nitrogens with zero attached hydrogens (tertiary/aromatic N) is 3. The zero-order valence-electron chi connectivity index (χ0n) is 26.7. The van der Waals surface area contributed by atoms with Gasteiger partial charge >= 0.3 is 0 Å². The average Bonchev–Trinajstić information content (AvgIpc) is 3.56. The zero-order chi connectivity index (χ0) is 36.1. The first-order valence-corrected chi connectivity index (χ1v) is 15.5. The molecule has 49 heavy (non-hydrogen) atoms. The number of aliphatic imine (C=N–C) groups is 1. The van der Waals surface area contributed by atoms with Crippen molar-refractivity contribution in [2.24, 2.45) is 27.9 Å². The van der Waals surface area contributed by atoms with Gasteiger partial charge in [0.05, 0.1) is 23.6 Å². The first kappa shape index (κ1) is 37.8. The molecule has 0 bridgehead atoms. The number of benzene rings is 2. The van der Waals surface area contributed by atoms with Gasteiger partial charge in [0.25, 0.3) is 5.69 Å². The highest BCUT2D eigenvalue weighted by Crippen LogP contribution is 2.20. The van der Waals surface area contributed by atoms with Crippen LogP contribution in [0, 0.1) is 10.1 Å². The Hall–Kier alpha value is -5.62. The number of nitro groups is 1. The van der Waals surface area contributed by atoms with Crippen molar-refractivity contribution < 1.29 is 34.0 Å². The molecular weight excluding hydrogens is 640 g/mol. The van der Waals surface area contributed by atoms with Gasteiger partial charge in [-0.05, 0) is 61.8 Å². The van der Waals surface area contributed by atoms with Crippen LogP contribution in [-0.4, -0.2) is 94.2 Å². The molecule has 3 rings (SSSR count). The van der Waals surface area contributed by atoms with Crippen LogP contribution in [-0.2, 0) is 36.8 Å². The van der Waals surface area contributed by atoms with Gasteiger partial charge in [0.15, 0.2) is 5.96 Å². The summed E-state index contributed by atoms with van der Waals surface area (Å²) in [5, 5.41) is 27.5. The largest absolute Gasteiger partial charge is 0.508 e. The Bertz CT molecular complexity index is 1530. The predicted molar refractivity (Wildman–Crippen MR) is 177 cm³/mol. The van der Waals surface area contributed by atoms with Crippen LogP contribution in [0.25, 0.3) is 0 Å². The Balaban J connectivity index is 1.54. The lowest BCUT2D eigenvalue weighted by Gasteiger charge is -2.26. The standard InChI is InChI=1S/C31H42N10O8/c32-22(15-19-7-11-21(42)12-8-19)27(44)38-24(3-1-13-36-31(34)35)28(45)37-17-26(43)39-29(46)25-4-2-14-40(25)30(47)23(33)16-18-5-9-20(10-6-18)41(48)49/h5-12,22-25,42H,1-4,13-17,32-33H2,(H,37,45)(H,38,44)(H4,34,35,36)(H,39,43,46)/t22-,23-,24+,25-/m0/s1. The molecule has 264 valence electrons. The normalized spacial score (nSPS) is 15.7. The summed E-state index contributed by atoms with van der Waals surface area (Å²) in [7, 11) is 0. The maximum atomic E-state index is 13.1. The van der Waals surface area contributed by atoms with Gasteiger partial charge in [0, 0.05) is 25.2 Å². The van der Waals surface area contributed by atoms with Crippen molar-refractivity contribution in [3.05, 3.63) is 69.8 Å². The van der Waals surface area contributed by atoms with E-state index in [0.717, 1.165) is 0 Å². The second kappa shape index (κ2) is 18.1. The number of carbonyl (C=O) groups is 5. The van der Waals surface area contributed by atoms with E-state index in [1.165, 1.54) is 41.3 Å². The minimum absolute atomic E-state index is 0.0557. The van der Waals surface area contributed by atoms with E-state index < -0.39 is 65.2 Å². The lowest BCUT2D eigenvalue weighted by molar-refractivity contribution is -0.384. The van der Waals surface area contributed by atoms with Crippen molar-refractivity contribution in [1.82, 2.24) is 20.9 Å². The van der Waals surface area contributed by atoms with E-state index in [0.29, 0.717) is 24.0 Å². The number of hydrogen-bond donors (Lipinski definition) is 8. The summed E-state index contributed by atoms with van der Waals surface area (Å²) in [6.07, 6.45) is 1.39.